The summed E-state index contributed by atoms with van der Waals surface area (Å²) in [5.74, 6) is -8.98. The van der Waals surface area contributed by atoms with Gasteiger partial charge in [0.25, 0.3) is 0 Å². The van der Waals surface area contributed by atoms with Crippen molar-refractivity contribution < 1.29 is 27.1 Å². The minimum atomic E-state index is -1.89. The second kappa shape index (κ2) is 7.15. The Morgan fingerprint density at radius 3 is 2.30 bits per heavy atom. The van der Waals surface area contributed by atoms with Crippen molar-refractivity contribution in [2.75, 3.05) is 18.9 Å². The third-order valence-corrected chi connectivity index (χ3v) is 2.64. The summed E-state index contributed by atoms with van der Waals surface area (Å²) < 4.78 is 60.2. The van der Waals surface area contributed by atoms with E-state index in [-0.39, 0.29) is 13.2 Å². The van der Waals surface area contributed by atoms with E-state index in [1.165, 1.54) is 5.41 Å². The first kappa shape index (κ1) is 16.3. The molecule has 0 aliphatic carbocycles. The van der Waals surface area contributed by atoms with Crippen LogP contribution in [0.2, 0.25) is 0 Å². The molecule has 4 nitrogen and oxygen atoms in total. The van der Waals surface area contributed by atoms with Crippen LogP contribution in [0.4, 0.5) is 23.2 Å². The highest BCUT2D eigenvalue weighted by Gasteiger charge is 2.29. The van der Waals surface area contributed by atoms with Crippen LogP contribution >= 0.6 is 11.9 Å². The second-order valence-corrected chi connectivity index (χ2v) is 4.22. The summed E-state index contributed by atoms with van der Waals surface area (Å²) in [6.45, 7) is 3.28. The standard InChI is InChI=1S/C11H10F4N2O2S/c1-2-20-17-3-4-19-11(18)5-6(12)8(14)10(16)9(15)7(5)13/h2,17H,1,3-4,16H2. The second-order valence-electron chi connectivity index (χ2n) is 3.36. The van der Waals surface area contributed by atoms with Crippen molar-refractivity contribution in [3.63, 3.8) is 0 Å². The third-order valence-electron chi connectivity index (χ3n) is 2.11. The molecule has 0 spiro atoms. The average molecular weight is 310 g/mol. The molecule has 20 heavy (non-hydrogen) atoms. The van der Waals surface area contributed by atoms with Gasteiger partial charge in [-0.2, -0.15) is 0 Å². The van der Waals surface area contributed by atoms with E-state index in [1.807, 2.05) is 0 Å². The Morgan fingerprint density at radius 1 is 1.25 bits per heavy atom. The van der Waals surface area contributed by atoms with E-state index >= 15 is 0 Å². The molecule has 0 bridgehead atoms. The number of hydrogen-bond donors (Lipinski definition) is 2. The van der Waals surface area contributed by atoms with E-state index in [0.717, 1.165) is 11.9 Å². The molecule has 0 fully saturated rings. The number of anilines is 1. The van der Waals surface area contributed by atoms with Crippen molar-refractivity contribution >= 4 is 23.6 Å². The fourth-order valence-corrected chi connectivity index (χ4v) is 1.52. The quantitative estimate of drug-likeness (QED) is 0.211. The van der Waals surface area contributed by atoms with Crippen molar-refractivity contribution in [3.05, 3.63) is 40.8 Å². The summed E-state index contributed by atoms with van der Waals surface area (Å²) >= 11 is 1.11. The van der Waals surface area contributed by atoms with Crippen LogP contribution in [-0.2, 0) is 4.74 Å². The molecule has 0 aliphatic rings. The number of carbonyl (C=O) groups excluding carboxylic acids is 1. The molecule has 0 aliphatic heterocycles. The number of nitrogen functional groups attached to an aromatic ring is 1. The van der Waals surface area contributed by atoms with Crippen molar-refractivity contribution in [2.45, 2.75) is 0 Å². The molecule has 1 aromatic carbocycles. The fraction of sp³-hybridized carbons (Fsp3) is 0.182. The first-order valence-corrected chi connectivity index (χ1v) is 6.07. The van der Waals surface area contributed by atoms with Crippen LogP contribution < -0.4 is 10.5 Å². The topological polar surface area (TPSA) is 64.3 Å². The Labute approximate surface area is 116 Å². The van der Waals surface area contributed by atoms with Gasteiger partial charge in [0.05, 0.1) is 0 Å². The fourth-order valence-electron chi connectivity index (χ4n) is 1.20. The Morgan fingerprint density at radius 2 is 1.80 bits per heavy atom. The highest BCUT2D eigenvalue weighted by Crippen LogP contribution is 2.26. The van der Waals surface area contributed by atoms with Crippen LogP contribution in [0.3, 0.4) is 0 Å². The molecule has 9 heteroatoms. The van der Waals surface area contributed by atoms with E-state index in [1.54, 1.807) is 0 Å². The van der Waals surface area contributed by atoms with Gasteiger partial charge in [-0.25, -0.2) is 22.4 Å². The number of ether oxygens (including phenoxy) is 1. The molecule has 0 amide bonds. The van der Waals surface area contributed by atoms with Gasteiger partial charge in [0.1, 0.15) is 17.9 Å². The molecule has 0 radical (unpaired) electrons. The predicted molar refractivity (Wildman–Crippen MR) is 66.8 cm³/mol. The first-order chi connectivity index (χ1) is 9.41. The van der Waals surface area contributed by atoms with Gasteiger partial charge in [0, 0.05) is 6.54 Å². The van der Waals surface area contributed by atoms with Crippen LogP contribution in [-0.4, -0.2) is 19.1 Å². The van der Waals surface area contributed by atoms with E-state index in [2.05, 4.69) is 16.0 Å². The van der Waals surface area contributed by atoms with E-state index in [0.29, 0.717) is 0 Å². The van der Waals surface area contributed by atoms with E-state index in [4.69, 9.17) is 5.73 Å². The number of hydrogen-bond acceptors (Lipinski definition) is 5. The molecule has 0 saturated heterocycles. The highest BCUT2D eigenvalue weighted by atomic mass is 32.2. The molecule has 1 aromatic rings. The minimum Gasteiger partial charge on any atom is -0.461 e. The van der Waals surface area contributed by atoms with Crippen LogP contribution in [0.25, 0.3) is 0 Å². The number of nitrogens with one attached hydrogen (secondary N) is 1. The van der Waals surface area contributed by atoms with Crippen molar-refractivity contribution in [1.82, 2.24) is 4.72 Å². The lowest BCUT2D eigenvalue weighted by atomic mass is 10.1. The molecule has 0 heterocycles. The zero-order chi connectivity index (χ0) is 15.3. The van der Waals surface area contributed by atoms with E-state index < -0.39 is 40.5 Å². The third kappa shape index (κ3) is 3.42. The largest absolute Gasteiger partial charge is 0.461 e. The molecular weight excluding hydrogens is 300 g/mol. The number of esters is 1. The lowest BCUT2D eigenvalue weighted by Crippen LogP contribution is -2.19. The molecule has 0 atom stereocenters. The number of rotatable bonds is 6. The number of nitrogens with two attached hydrogens (primary N) is 1. The molecular formula is C11H10F4N2O2S. The van der Waals surface area contributed by atoms with Gasteiger partial charge in [0.15, 0.2) is 23.3 Å². The lowest BCUT2D eigenvalue weighted by Gasteiger charge is -2.09. The first-order valence-electron chi connectivity index (χ1n) is 5.19. The normalized spacial score (nSPS) is 10.4. The van der Waals surface area contributed by atoms with Crippen molar-refractivity contribution in [1.29, 1.82) is 0 Å². The summed E-state index contributed by atoms with van der Waals surface area (Å²) in [6, 6.07) is 0. The summed E-state index contributed by atoms with van der Waals surface area (Å²) in [4.78, 5) is 11.4. The lowest BCUT2D eigenvalue weighted by molar-refractivity contribution is 0.0500. The number of carbonyl (C=O) groups is 1. The van der Waals surface area contributed by atoms with Crippen molar-refractivity contribution in [3.8, 4) is 0 Å². The number of halogens is 4. The molecule has 0 saturated carbocycles. The van der Waals surface area contributed by atoms with E-state index in [9.17, 15) is 22.4 Å². The molecule has 3 N–H and O–H groups in total. The van der Waals surface area contributed by atoms with Gasteiger partial charge in [-0.15, -0.1) is 0 Å². The number of benzene rings is 1. The Balaban J connectivity index is 2.86. The van der Waals surface area contributed by atoms with Gasteiger partial charge in [-0.1, -0.05) is 18.5 Å². The maximum Gasteiger partial charge on any atom is 0.344 e. The monoisotopic (exact) mass is 310 g/mol. The average Bonchev–Trinajstić information content (AvgIpc) is 2.43. The Hall–Kier alpha value is -1.74. The molecule has 0 aromatic heterocycles. The zero-order valence-electron chi connectivity index (χ0n) is 10.0. The molecule has 0 unspecified atom stereocenters. The smallest absolute Gasteiger partial charge is 0.344 e. The van der Waals surface area contributed by atoms with Gasteiger partial charge in [-0.05, 0) is 5.41 Å². The predicted octanol–water partition coefficient (Wildman–Crippen LogP) is 2.36. The van der Waals surface area contributed by atoms with Gasteiger partial charge in [-0.3, -0.25) is 4.72 Å². The maximum atomic E-state index is 13.4. The van der Waals surface area contributed by atoms with Crippen LogP contribution in [0, 0.1) is 23.3 Å². The minimum absolute atomic E-state index is 0.144. The summed E-state index contributed by atoms with van der Waals surface area (Å²) in [6.07, 6.45) is 0. The van der Waals surface area contributed by atoms with Crippen molar-refractivity contribution in [2.24, 2.45) is 0 Å². The van der Waals surface area contributed by atoms with Crippen LogP contribution in [0.15, 0.2) is 12.0 Å². The van der Waals surface area contributed by atoms with Crippen LogP contribution in [0.5, 0.6) is 0 Å². The van der Waals surface area contributed by atoms with Gasteiger partial charge in [0.2, 0.25) is 0 Å². The summed E-state index contributed by atoms with van der Waals surface area (Å²) in [5, 5.41) is 1.46. The zero-order valence-corrected chi connectivity index (χ0v) is 10.8. The molecule has 1 rings (SSSR count). The van der Waals surface area contributed by atoms with Gasteiger partial charge >= 0.3 is 5.97 Å². The highest BCUT2D eigenvalue weighted by molar-refractivity contribution is 8.00. The van der Waals surface area contributed by atoms with Crippen LogP contribution in [0.1, 0.15) is 10.4 Å². The maximum absolute atomic E-state index is 13.4. The Bertz CT molecular complexity index is 511. The Kier molecular flexibility index (Phi) is 5.83. The summed E-state index contributed by atoms with van der Waals surface area (Å²) in [7, 11) is 0. The summed E-state index contributed by atoms with van der Waals surface area (Å²) in [5.41, 5.74) is 2.02. The SMILES string of the molecule is C=CSNCCOC(=O)c1c(F)c(F)c(N)c(F)c1F. The van der Waals surface area contributed by atoms with Gasteiger partial charge < -0.3 is 10.5 Å². The molecule has 110 valence electrons.